The Labute approximate surface area is 118 Å². The van der Waals surface area contributed by atoms with Crippen LogP contribution in [0.1, 0.15) is 22.8 Å². The van der Waals surface area contributed by atoms with E-state index in [-0.39, 0.29) is 11.3 Å². The number of benzene rings is 2. The zero-order valence-corrected chi connectivity index (χ0v) is 11.0. The van der Waals surface area contributed by atoms with Crippen molar-refractivity contribution in [1.29, 1.82) is 0 Å². The molecule has 1 unspecified atom stereocenters. The lowest BCUT2D eigenvalue weighted by Crippen LogP contribution is -2.13. The number of aliphatic hydroxyl groups is 1. The van der Waals surface area contributed by atoms with Crippen LogP contribution in [0.5, 0.6) is 5.75 Å². The first-order valence-corrected chi connectivity index (χ1v) is 6.03. The minimum atomic E-state index is -4.63. The zero-order chi connectivity index (χ0) is 15.6. The second-order valence-electron chi connectivity index (χ2n) is 4.35. The third-order valence-electron chi connectivity index (χ3n) is 3.07. The Hall–Kier alpha value is -2.08. The van der Waals surface area contributed by atoms with E-state index >= 15 is 0 Å². The second-order valence-corrected chi connectivity index (χ2v) is 4.35. The van der Waals surface area contributed by atoms with Crippen LogP contribution in [-0.4, -0.2) is 12.2 Å². The van der Waals surface area contributed by atoms with E-state index in [0.29, 0.717) is 0 Å². The van der Waals surface area contributed by atoms with Gasteiger partial charge in [0.1, 0.15) is 6.10 Å². The average molecular weight is 300 g/mol. The maximum atomic E-state index is 14.1. The summed E-state index contributed by atoms with van der Waals surface area (Å²) in [7, 11) is 1.23. The topological polar surface area (TPSA) is 29.5 Å². The summed E-state index contributed by atoms with van der Waals surface area (Å²) in [5, 5.41) is 10.1. The fourth-order valence-electron chi connectivity index (χ4n) is 2.06. The first kappa shape index (κ1) is 15.3. The van der Waals surface area contributed by atoms with Crippen LogP contribution in [0.3, 0.4) is 0 Å². The largest absolute Gasteiger partial charge is 0.494 e. The van der Waals surface area contributed by atoms with E-state index in [1.807, 2.05) is 0 Å². The van der Waals surface area contributed by atoms with Gasteiger partial charge in [-0.05, 0) is 17.7 Å². The highest BCUT2D eigenvalue weighted by Gasteiger charge is 2.35. The smallest absolute Gasteiger partial charge is 0.416 e. The Kier molecular flexibility index (Phi) is 4.18. The molecular weight excluding hydrogens is 288 g/mol. The molecule has 0 aliphatic heterocycles. The molecule has 0 radical (unpaired) electrons. The van der Waals surface area contributed by atoms with Crippen molar-refractivity contribution in [2.24, 2.45) is 0 Å². The van der Waals surface area contributed by atoms with Crippen molar-refractivity contribution in [3.8, 4) is 5.75 Å². The SMILES string of the molecule is COc1cccc(C(O)c2ccccc2C(F)(F)F)c1F. The molecule has 0 aliphatic rings. The molecule has 0 saturated heterocycles. The minimum Gasteiger partial charge on any atom is -0.494 e. The molecule has 21 heavy (non-hydrogen) atoms. The molecule has 0 saturated carbocycles. The number of halogens is 4. The first-order valence-electron chi connectivity index (χ1n) is 6.03. The summed E-state index contributed by atoms with van der Waals surface area (Å²) >= 11 is 0. The summed E-state index contributed by atoms with van der Waals surface area (Å²) in [5.41, 5.74) is -1.68. The molecule has 0 fully saturated rings. The quantitative estimate of drug-likeness (QED) is 0.870. The number of rotatable bonds is 3. The van der Waals surface area contributed by atoms with Gasteiger partial charge in [0.25, 0.3) is 0 Å². The van der Waals surface area contributed by atoms with E-state index < -0.39 is 29.2 Å². The lowest BCUT2D eigenvalue weighted by molar-refractivity contribution is -0.139. The van der Waals surface area contributed by atoms with E-state index in [9.17, 15) is 22.7 Å². The molecule has 1 N–H and O–H groups in total. The van der Waals surface area contributed by atoms with Gasteiger partial charge in [-0.2, -0.15) is 13.2 Å². The minimum absolute atomic E-state index is 0.143. The molecule has 1 atom stereocenters. The van der Waals surface area contributed by atoms with Gasteiger partial charge in [-0.15, -0.1) is 0 Å². The molecule has 2 aromatic carbocycles. The molecule has 0 aromatic heterocycles. The maximum Gasteiger partial charge on any atom is 0.416 e. The highest BCUT2D eigenvalue weighted by molar-refractivity contribution is 5.41. The van der Waals surface area contributed by atoms with Crippen LogP contribution < -0.4 is 4.74 Å². The Morgan fingerprint density at radius 2 is 1.62 bits per heavy atom. The summed E-state index contributed by atoms with van der Waals surface area (Å²) in [4.78, 5) is 0. The van der Waals surface area contributed by atoms with Crippen molar-refractivity contribution in [2.75, 3.05) is 7.11 Å². The van der Waals surface area contributed by atoms with Crippen LogP contribution in [-0.2, 0) is 6.18 Å². The average Bonchev–Trinajstić information content (AvgIpc) is 2.46. The summed E-state index contributed by atoms with van der Waals surface area (Å²) in [6.07, 6.45) is -6.37. The first-order chi connectivity index (χ1) is 9.86. The molecule has 0 aliphatic carbocycles. The number of hydrogen-bond acceptors (Lipinski definition) is 2. The van der Waals surface area contributed by atoms with Crippen LogP contribution in [0.2, 0.25) is 0 Å². The number of aliphatic hydroxyl groups excluding tert-OH is 1. The van der Waals surface area contributed by atoms with Crippen molar-refractivity contribution < 1.29 is 27.4 Å². The van der Waals surface area contributed by atoms with Gasteiger partial charge in [0.2, 0.25) is 0 Å². The molecule has 112 valence electrons. The summed E-state index contributed by atoms with van der Waals surface area (Å²) < 4.78 is 57.7. The normalized spacial score (nSPS) is 13.0. The number of ether oxygens (including phenoxy) is 1. The van der Waals surface area contributed by atoms with Crippen LogP contribution in [0, 0.1) is 5.82 Å². The zero-order valence-electron chi connectivity index (χ0n) is 11.0. The van der Waals surface area contributed by atoms with Crippen molar-refractivity contribution in [3.05, 3.63) is 65.0 Å². The van der Waals surface area contributed by atoms with Crippen molar-refractivity contribution >= 4 is 0 Å². The van der Waals surface area contributed by atoms with Gasteiger partial charge in [-0.1, -0.05) is 30.3 Å². The van der Waals surface area contributed by atoms with E-state index in [0.717, 1.165) is 12.1 Å². The van der Waals surface area contributed by atoms with Gasteiger partial charge < -0.3 is 9.84 Å². The summed E-state index contributed by atoms with van der Waals surface area (Å²) in [5.74, 6) is -1.03. The van der Waals surface area contributed by atoms with E-state index in [1.165, 1.54) is 37.4 Å². The van der Waals surface area contributed by atoms with Gasteiger partial charge in [-0.25, -0.2) is 4.39 Å². The number of hydrogen-bond donors (Lipinski definition) is 1. The Morgan fingerprint density at radius 3 is 2.24 bits per heavy atom. The molecule has 2 nitrogen and oxygen atoms in total. The van der Waals surface area contributed by atoms with Gasteiger partial charge in [0, 0.05) is 5.56 Å². The highest BCUT2D eigenvalue weighted by Crippen LogP contribution is 2.37. The van der Waals surface area contributed by atoms with E-state index in [2.05, 4.69) is 0 Å². The van der Waals surface area contributed by atoms with Crippen LogP contribution >= 0.6 is 0 Å². The maximum absolute atomic E-state index is 14.1. The highest BCUT2D eigenvalue weighted by atomic mass is 19.4. The molecule has 0 amide bonds. The second kappa shape index (κ2) is 5.73. The monoisotopic (exact) mass is 300 g/mol. The van der Waals surface area contributed by atoms with Gasteiger partial charge in [0.15, 0.2) is 11.6 Å². The molecule has 2 rings (SSSR count). The number of alkyl halides is 3. The Balaban J connectivity index is 2.54. The summed E-state index contributed by atoms with van der Waals surface area (Å²) in [6, 6.07) is 8.46. The number of methoxy groups -OCH3 is 1. The third-order valence-corrected chi connectivity index (χ3v) is 3.07. The van der Waals surface area contributed by atoms with Crippen LogP contribution in [0.25, 0.3) is 0 Å². The van der Waals surface area contributed by atoms with Gasteiger partial charge in [0.05, 0.1) is 12.7 Å². The lowest BCUT2D eigenvalue weighted by Gasteiger charge is -2.18. The standard InChI is InChI=1S/C15H12F4O2/c1-21-12-8-4-6-10(13(12)16)14(20)9-5-2-3-7-11(9)15(17,18)19/h2-8,14,20H,1H3. The van der Waals surface area contributed by atoms with Crippen molar-refractivity contribution in [1.82, 2.24) is 0 Å². The molecule has 0 spiro atoms. The van der Waals surface area contributed by atoms with Gasteiger partial charge in [-0.3, -0.25) is 0 Å². The molecule has 2 aromatic rings. The molecule has 6 heteroatoms. The Morgan fingerprint density at radius 1 is 1.00 bits per heavy atom. The van der Waals surface area contributed by atoms with Crippen molar-refractivity contribution in [3.63, 3.8) is 0 Å². The lowest BCUT2D eigenvalue weighted by atomic mass is 9.96. The molecular formula is C15H12F4O2. The van der Waals surface area contributed by atoms with E-state index in [4.69, 9.17) is 4.74 Å². The molecule has 0 bridgehead atoms. The van der Waals surface area contributed by atoms with Crippen molar-refractivity contribution in [2.45, 2.75) is 12.3 Å². The fourth-order valence-corrected chi connectivity index (χ4v) is 2.06. The Bertz CT molecular complexity index is 638. The van der Waals surface area contributed by atoms with Crippen LogP contribution in [0.15, 0.2) is 42.5 Å². The van der Waals surface area contributed by atoms with E-state index in [1.54, 1.807) is 0 Å². The van der Waals surface area contributed by atoms with Gasteiger partial charge >= 0.3 is 6.18 Å². The predicted octanol–water partition coefficient (Wildman–Crippen LogP) is 3.93. The molecule has 0 heterocycles. The third kappa shape index (κ3) is 3.00. The summed E-state index contributed by atoms with van der Waals surface area (Å²) in [6.45, 7) is 0. The fraction of sp³-hybridized carbons (Fsp3) is 0.200. The van der Waals surface area contributed by atoms with Crippen LogP contribution in [0.4, 0.5) is 17.6 Å². The predicted molar refractivity (Wildman–Crippen MR) is 68.5 cm³/mol.